The summed E-state index contributed by atoms with van der Waals surface area (Å²) in [5, 5.41) is 0. The second-order valence-electron chi connectivity index (χ2n) is 3.66. The highest BCUT2D eigenvalue weighted by Gasteiger charge is 1.83. The summed E-state index contributed by atoms with van der Waals surface area (Å²) in [6.45, 7) is 17.8. The summed E-state index contributed by atoms with van der Waals surface area (Å²) in [5.41, 5.74) is 3.05. The van der Waals surface area contributed by atoms with Gasteiger partial charge in [0.1, 0.15) is 0 Å². The van der Waals surface area contributed by atoms with Gasteiger partial charge in [-0.15, -0.1) is 0 Å². The summed E-state index contributed by atoms with van der Waals surface area (Å²) in [6.07, 6.45) is 3.49. The maximum absolute atomic E-state index is 10.6. The largest absolute Gasteiger partial charge is 0.329 e. The summed E-state index contributed by atoms with van der Waals surface area (Å²) >= 11 is 0. The Balaban J connectivity index is -0.000000246. The van der Waals surface area contributed by atoms with Crippen molar-refractivity contribution < 1.29 is 0 Å². The quantitative estimate of drug-likeness (QED) is 0.702. The standard InChI is InChI=1S/C7H9N.C6H7NO.3C2H6/c1-6-3-4-7(2)8-5-6;1-5-3-2-4-7-6(5)8;3*1-2/h3-5H,1-2H3;2-4H,1H3,(H,7,8);3*1-2H3. The van der Waals surface area contributed by atoms with Crippen LogP contribution in [0.5, 0.6) is 0 Å². The molecule has 0 aliphatic carbocycles. The van der Waals surface area contributed by atoms with E-state index in [9.17, 15) is 4.79 Å². The number of hydrogen-bond donors (Lipinski definition) is 1. The van der Waals surface area contributed by atoms with Crippen LogP contribution in [0.2, 0.25) is 0 Å². The Bertz CT molecular complexity index is 466. The Morgan fingerprint density at radius 3 is 1.68 bits per heavy atom. The molecule has 126 valence electrons. The zero-order valence-corrected chi connectivity index (χ0v) is 15.8. The van der Waals surface area contributed by atoms with E-state index in [0.717, 1.165) is 11.3 Å². The number of H-pyrrole nitrogens is 1. The fourth-order valence-electron chi connectivity index (χ4n) is 1.05. The van der Waals surface area contributed by atoms with Crippen LogP contribution in [0, 0.1) is 20.8 Å². The molecule has 2 aromatic heterocycles. The Labute approximate surface area is 136 Å². The minimum atomic E-state index is -0.00694. The van der Waals surface area contributed by atoms with Gasteiger partial charge in [-0.1, -0.05) is 53.7 Å². The first kappa shape index (κ1) is 25.1. The highest BCUT2D eigenvalue weighted by molar-refractivity contribution is 5.10. The van der Waals surface area contributed by atoms with Crippen molar-refractivity contribution in [1.82, 2.24) is 9.97 Å². The predicted octanol–water partition coefficient (Wildman–Crippen LogP) is 5.46. The van der Waals surface area contributed by atoms with Gasteiger partial charge in [-0.25, -0.2) is 0 Å². The Hall–Kier alpha value is -1.90. The van der Waals surface area contributed by atoms with E-state index < -0.39 is 0 Å². The van der Waals surface area contributed by atoms with Gasteiger partial charge in [-0.3, -0.25) is 9.78 Å². The van der Waals surface area contributed by atoms with Gasteiger partial charge in [-0.05, 0) is 38.5 Å². The first-order valence-electron chi connectivity index (χ1n) is 8.13. The molecule has 22 heavy (non-hydrogen) atoms. The maximum atomic E-state index is 10.6. The summed E-state index contributed by atoms with van der Waals surface area (Å²) < 4.78 is 0. The molecule has 0 aliphatic heterocycles. The fourth-order valence-corrected chi connectivity index (χ4v) is 1.05. The number of aryl methyl sites for hydroxylation is 3. The molecule has 1 N–H and O–H groups in total. The number of nitrogens with zero attached hydrogens (tertiary/aromatic N) is 1. The lowest BCUT2D eigenvalue weighted by Crippen LogP contribution is -2.06. The molecule has 3 nitrogen and oxygen atoms in total. The van der Waals surface area contributed by atoms with Crippen molar-refractivity contribution >= 4 is 0 Å². The van der Waals surface area contributed by atoms with Gasteiger partial charge in [0.15, 0.2) is 0 Å². The molecule has 2 rings (SSSR count). The van der Waals surface area contributed by atoms with Crippen LogP contribution in [-0.4, -0.2) is 9.97 Å². The number of nitrogens with one attached hydrogen (secondary N) is 1. The van der Waals surface area contributed by atoms with Crippen molar-refractivity contribution in [3.63, 3.8) is 0 Å². The second-order valence-corrected chi connectivity index (χ2v) is 3.66. The summed E-state index contributed by atoms with van der Waals surface area (Å²) in [6, 6.07) is 7.65. The molecule has 0 radical (unpaired) electrons. The van der Waals surface area contributed by atoms with E-state index in [1.165, 1.54) is 5.56 Å². The first-order valence-corrected chi connectivity index (χ1v) is 8.13. The van der Waals surface area contributed by atoms with Gasteiger partial charge >= 0.3 is 0 Å². The molecule has 0 fully saturated rings. The second kappa shape index (κ2) is 19.1. The monoisotopic (exact) mass is 306 g/mol. The van der Waals surface area contributed by atoms with E-state index in [1.807, 2.05) is 67.7 Å². The number of aromatic nitrogens is 2. The zero-order chi connectivity index (χ0) is 18.0. The number of pyridine rings is 2. The summed E-state index contributed by atoms with van der Waals surface area (Å²) in [5.74, 6) is 0. The van der Waals surface area contributed by atoms with Crippen LogP contribution in [-0.2, 0) is 0 Å². The SMILES string of the molecule is CC.CC.CC.Cc1ccc(C)nc1.Cc1ccc[nH]c1=O. The number of aromatic amines is 1. The third-order valence-electron chi connectivity index (χ3n) is 2.07. The Kier molecular flexibility index (Phi) is 21.8. The molecule has 0 bridgehead atoms. The van der Waals surface area contributed by atoms with Crippen molar-refractivity contribution in [1.29, 1.82) is 0 Å². The first-order chi connectivity index (χ1) is 10.6. The number of rotatable bonds is 0. The highest BCUT2D eigenvalue weighted by atomic mass is 16.1. The molecule has 0 amide bonds. The predicted molar refractivity (Wildman–Crippen MR) is 99.6 cm³/mol. The molecule has 0 saturated carbocycles. The van der Waals surface area contributed by atoms with Crippen LogP contribution in [0.15, 0.2) is 41.5 Å². The van der Waals surface area contributed by atoms with E-state index in [-0.39, 0.29) is 5.56 Å². The van der Waals surface area contributed by atoms with E-state index in [1.54, 1.807) is 25.3 Å². The maximum Gasteiger partial charge on any atom is 0.250 e. The Morgan fingerprint density at radius 2 is 1.41 bits per heavy atom. The van der Waals surface area contributed by atoms with Crippen molar-refractivity contribution in [2.45, 2.75) is 62.3 Å². The molecule has 3 heteroatoms. The summed E-state index contributed by atoms with van der Waals surface area (Å²) in [4.78, 5) is 17.2. The van der Waals surface area contributed by atoms with Crippen molar-refractivity contribution in [3.05, 3.63) is 63.8 Å². The van der Waals surface area contributed by atoms with Gasteiger partial charge in [0.05, 0.1) is 0 Å². The van der Waals surface area contributed by atoms with Gasteiger partial charge in [-0.2, -0.15) is 0 Å². The molecular weight excluding hydrogens is 272 g/mol. The van der Waals surface area contributed by atoms with Crippen molar-refractivity contribution in [3.8, 4) is 0 Å². The van der Waals surface area contributed by atoms with Gasteiger partial charge in [0, 0.05) is 23.7 Å². The van der Waals surface area contributed by atoms with Crippen LogP contribution in [0.1, 0.15) is 58.4 Å². The topological polar surface area (TPSA) is 45.8 Å². The molecule has 0 atom stereocenters. The molecule has 0 saturated heterocycles. The van der Waals surface area contributed by atoms with Crippen LogP contribution in [0.3, 0.4) is 0 Å². The molecule has 0 spiro atoms. The van der Waals surface area contributed by atoms with Gasteiger partial charge < -0.3 is 4.98 Å². The third-order valence-corrected chi connectivity index (χ3v) is 2.07. The van der Waals surface area contributed by atoms with Crippen LogP contribution in [0.25, 0.3) is 0 Å². The van der Waals surface area contributed by atoms with E-state index in [2.05, 4.69) is 16.0 Å². The normalized spacial score (nSPS) is 7.50. The van der Waals surface area contributed by atoms with E-state index in [0.29, 0.717) is 0 Å². The number of hydrogen-bond acceptors (Lipinski definition) is 2. The molecule has 0 aliphatic rings. The van der Waals surface area contributed by atoms with Crippen molar-refractivity contribution in [2.75, 3.05) is 0 Å². The molecule has 0 unspecified atom stereocenters. The van der Waals surface area contributed by atoms with Gasteiger partial charge in [0.25, 0.3) is 5.56 Å². The molecule has 2 aromatic rings. The minimum Gasteiger partial charge on any atom is -0.329 e. The fraction of sp³-hybridized carbons (Fsp3) is 0.474. The highest BCUT2D eigenvalue weighted by Crippen LogP contribution is 1.94. The average Bonchev–Trinajstić information content (AvgIpc) is 2.59. The molecular formula is C19H34N2O. The zero-order valence-electron chi connectivity index (χ0n) is 15.8. The minimum absolute atomic E-state index is 0.00694. The smallest absolute Gasteiger partial charge is 0.250 e. The van der Waals surface area contributed by atoms with Crippen LogP contribution in [0.4, 0.5) is 0 Å². The van der Waals surface area contributed by atoms with Crippen LogP contribution >= 0.6 is 0 Å². The summed E-state index contributed by atoms with van der Waals surface area (Å²) in [7, 11) is 0. The van der Waals surface area contributed by atoms with Crippen molar-refractivity contribution in [2.24, 2.45) is 0 Å². The average molecular weight is 306 g/mol. The lowest BCUT2D eigenvalue weighted by molar-refractivity contribution is 1.17. The lowest BCUT2D eigenvalue weighted by Gasteiger charge is -1.89. The van der Waals surface area contributed by atoms with E-state index in [4.69, 9.17) is 0 Å². The third kappa shape index (κ3) is 14.5. The van der Waals surface area contributed by atoms with Crippen LogP contribution < -0.4 is 5.56 Å². The Morgan fingerprint density at radius 1 is 0.864 bits per heavy atom. The lowest BCUT2D eigenvalue weighted by atomic mass is 10.3. The van der Waals surface area contributed by atoms with E-state index >= 15 is 0 Å². The van der Waals surface area contributed by atoms with Gasteiger partial charge in [0.2, 0.25) is 0 Å². The molecule has 0 aromatic carbocycles. The molecule has 2 heterocycles.